The Morgan fingerprint density at radius 2 is 2.10 bits per heavy atom. The molecule has 0 spiro atoms. The van der Waals surface area contributed by atoms with E-state index in [9.17, 15) is 0 Å². The van der Waals surface area contributed by atoms with Gasteiger partial charge in [0.05, 0.1) is 17.3 Å². The van der Waals surface area contributed by atoms with E-state index in [4.69, 9.17) is 9.72 Å². The monoisotopic (exact) mass is 310 g/mol. The van der Waals surface area contributed by atoms with Gasteiger partial charge in [-0.1, -0.05) is 13.3 Å². The number of nitrogens with zero attached hydrogens (tertiary/aromatic N) is 1. The summed E-state index contributed by atoms with van der Waals surface area (Å²) in [5.74, 6) is 1.58. The van der Waals surface area contributed by atoms with Crippen molar-refractivity contribution in [3.8, 4) is 0 Å². The van der Waals surface area contributed by atoms with Crippen LogP contribution in [0.5, 0.6) is 0 Å². The second-order valence-electron chi connectivity index (χ2n) is 7.24. The molecule has 120 valence electrons. The summed E-state index contributed by atoms with van der Waals surface area (Å²) in [6, 6.07) is 0. The van der Waals surface area contributed by atoms with Gasteiger partial charge in [-0.25, -0.2) is 4.98 Å². The van der Waals surface area contributed by atoms with Gasteiger partial charge in [0.15, 0.2) is 0 Å². The van der Waals surface area contributed by atoms with Crippen molar-refractivity contribution in [1.29, 1.82) is 0 Å². The zero-order valence-corrected chi connectivity index (χ0v) is 15.0. The van der Waals surface area contributed by atoms with E-state index in [1.807, 2.05) is 11.3 Å². The summed E-state index contributed by atoms with van der Waals surface area (Å²) >= 11 is 1.90. The minimum absolute atomic E-state index is 0.134. The predicted octanol–water partition coefficient (Wildman–Crippen LogP) is 4.47. The van der Waals surface area contributed by atoms with Crippen molar-refractivity contribution < 1.29 is 4.74 Å². The van der Waals surface area contributed by atoms with E-state index in [0.717, 1.165) is 18.2 Å². The number of aromatic nitrogens is 1. The van der Waals surface area contributed by atoms with E-state index >= 15 is 0 Å². The molecular weight excluding hydrogens is 280 g/mol. The molecule has 1 fully saturated rings. The molecule has 2 rings (SSSR count). The SMILES string of the molecule is CCC1CCC(c2nc(COC)c(CNC(C)(C)C)s2)C1. The van der Waals surface area contributed by atoms with Gasteiger partial charge in [-0.3, -0.25) is 0 Å². The highest BCUT2D eigenvalue weighted by molar-refractivity contribution is 7.11. The fourth-order valence-electron chi connectivity index (χ4n) is 2.98. The largest absolute Gasteiger partial charge is 0.378 e. The molecule has 1 aliphatic carbocycles. The molecule has 2 unspecified atom stereocenters. The predicted molar refractivity (Wildman–Crippen MR) is 89.8 cm³/mol. The Balaban J connectivity index is 2.09. The first kappa shape index (κ1) is 16.9. The van der Waals surface area contributed by atoms with Gasteiger partial charge < -0.3 is 10.1 Å². The molecular formula is C17H30N2OS. The summed E-state index contributed by atoms with van der Waals surface area (Å²) < 4.78 is 5.34. The average Bonchev–Trinajstić information content (AvgIpc) is 3.02. The minimum atomic E-state index is 0.134. The first-order valence-electron chi connectivity index (χ1n) is 8.15. The zero-order chi connectivity index (χ0) is 15.5. The van der Waals surface area contributed by atoms with Crippen molar-refractivity contribution >= 4 is 11.3 Å². The van der Waals surface area contributed by atoms with Crippen LogP contribution in [0.4, 0.5) is 0 Å². The Kier molecular flexibility index (Phi) is 5.81. The fourth-order valence-corrected chi connectivity index (χ4v) is 4.14. The summed E-state index contributed by atoms with van der Waals surface area (Å²) in [7, 11) is 1.75. The molecule has 3 nitrogen and oxygen atoms in total. The lowest BCUT2D eigenvalue weighted by atomic mass is 10.0. The molecule has 0 amide bonds. The summed E-state index contributed by atoms with van der Waals surface area (Å²) in [5.41, 5.74) is 1.27. The average molecular weight is 311 g/mol. The first-order chi connectivity index (χ1) is 9.93. The van der Waals surface area contributed by atoms with Crippen LogP contribution in [0.25, 0.3) is 0 Å². The number of rotatable bonds is 6. The second kappa shape index (κ2) is 7.21. The van der Waals surface area contributed by atoms with E-state index in [2.05, 4.69) is 33.0 Å². The fraction of sp³-hybridized carbons (Fsp3) is 0.824. The molecule has 1 aromatic heterocycles. The van der Waals surface area contributed by atoms with Crippen LogP contribution in [0.15, 0.2) is 0 Å². The highest BCUT2D eigenvalue weighted by Gasteiger charge is 2.28. The Hall–Kier alpha value is -0.450. The maximum atomic E-state index is 5.34. The molecule has 0 aromatic carbocycles. The van der Waals surface area contributed by atoms with Gasteiger partial charge in [-0.05, 0) is 46.0 Å². The van der Waals surface area contributed by atoms with Crippen LogP contribution < -0.4 is 5.32 Å². The zero-order valence-electron chi connectivity index (χ0n) is 14.2. The lowest BCUT2D eigenvalue weighted by Crippen LogP contribution is -2.35. The highest BCUT2D eigenvalue weighted by Crippen LogP contribution is 2.41. The number of methoxy groups -OCH3 is 1. The molecule has 0 aliphatic heterocycles. The van der Waals surface area contributed by atoms with Gasteiger partial charge in [0.1, 0.15) is 0 Å². The number of hydrogen-bond donors (Lipinski definition) is 1. The summed E-state index contributed by atoms with van der Waals surface area (Å²) in [6.45, 7) is 10.4. The highest BCUT2D eigenvalue weighted by atomic mass is 32.1. The molecule has 0 bridgehead atoms. The molecule has 0 saturated heterocycles. The third-order valence-corrected chi connectivity index (χ3v) is 5.58. The van der Waals surface area contributed by atoms with Gasteiger partial charge >= 0.3 is 0 Å². The van der Waals surface area contributed by atoms with Crippen LogP contribution in [-0.4, -0.2) is 17.6 Å². The van der Waals surface area contributed by atoms with Crippen molar-refractivity contribution in [2.24, 2.45) is 5.92 Å². The quantitative estimate of drug-likeness (QED) is 0.841. The van der Waals surface area contributed by atoms with Gasteiger partial charge in [0.25, 0.3) is 0 Å². The first-order valence-corrected chi connectivity index (χ1v) is 8.97. The maximum Gasteiger partial charge on any atom is 0.0963 e. The van der Waals surface area contributed by atoms with Gasteiger partial charge in [0.2, 0.25) is 0 Å². The van der Waals surface area contributed by atoms with E-state index in [1.165, 1.54) is 35.6 Å². The van der Waals surface area contributed by atoms with Crippen molar-refractivity contribution in [2.45, 2.75) is 78.0 Å². The number of nitrogens with one attached hydrogen (secondary N) is 1. The van der Waals surface area contributed by atoms with E-state index in [1.54, 1.807) is 7.11 Å². The maximum absolute atomic E-state index is 5.34. The topological polar surface area (TPSA) is 34.1 Å². The molecule has 1 saturated carbocycles. The van der Waals surface area contributed by atoms with Crippen LogP contribution in [0, 0.1) is 5.92 Å². The Morgan fingerprint density at radius 1 is 1.33 bits per heavy atom. The normalized spacial score (nSPS) is 22.9. The third-order valence-electron chi connectivity index (χ3n) is 4.32. The van der Waals surface area contributed by atoms with Crippen molar-refractivity contribution in [3.05, 3.63) is 15.6 Å². The lowest BCUT2D eigenvalue weighted by molar-refractivity contribution is 0.181. The Morgan fingerprint density at radius 3 is 2.67 bits per heavy atom. The molecule has 21 heavy (non-hydrogen) atoms. The minimum Gasteiger partial charge on any atom is -0.378 e. The number of thiazole rings is 1. The molecule has 0 radical (unpaired) electrons. The van der Waals surface area contributed by atoms with Gasteiger partial charge in [-0.2, -0.15) is 0 Å². The molecule has 1 aromatic rings. The molecule has 4 heteroatoms. The molecule has 2 atom stereocenters. The van der Waals surface area contributed by atoms with Crippen molar-refractivity contribution in [3.63, 3.8) is 0 Å². The van der Waals surface area contributed by atoms with Gasteiger partial charge in [0, 0.05) is 30.0 Å². The summed E-state index contributed by atoms with van der Waals surface area (Å²) in [5, 5.41) is 4.91. The summed E-state index contributed by atoms with van der Waals surface area (Å²) in [4.78, 5) is 6.25. The second-order valence-corrected chi connectivity index (χ2v) is 8.36. The van der Waals surface area contributed by atoms with Crippen LogP contribution in [0.1, 0.15) is 74.9 Å². The van der Waals surface area contributed by atoms with Crippen LogP contribution in [-0.2, 0) is 17.9 Å². The van der Waals surface area contributed by atoms with E-state index in [-0.39, 0.29) is 5.54 Å². The lowest BCUT2D eigenvalue weighted by Gasteiger charge is -2.20. The van der Waals surface area contributed by atoms with E-state index in [0.29, 0.717) is 12.5 Å². The van der Waals surface area contributed by atoms with Crippen molar-refractivity contribution in [2.75, 3.05) is 7.11 Å². The molecule has 1 aliphatic rings. The van der Waals surface area contributed by atoms with Crippen molar-refractivity contribution in [1.82, 2.24) is 10.3 Å². The van der Waals surface area contributed by atoms with E-state index < -0.39 is 0 Å². The summed E-state index contributed by atoms with van der Waals surface area (Å²) in [6.07, 6.45) is 5.31. The Labute approximate surface area is 133 Å². The van der Waals surface area contributed by atoms with Crippen LogP contribution >= 0.6 is 11.3 Å². The molecule has 1 N–H and O–H groups in total. The molecule has 1 heterocycles. The number of ether oxygens (including phenoxy) is 1. The standard InChI is InChI=1S/C17H30N2OS/c1-6-12-7-8-13(9-12)16-19-14(11-20-5)15(21-16)10-18-17(2,3)4/h12-13,18H,6-11H2,1-5H3. The van der Waals surface area contributed by atoms with Crippen LogP contribution in [0.3, 0.4) is 0 Å². The Bertz CT molecular complexity index is 450. The smallest absolute Gasteiger partial charge is 0.0963 e. The van der Waals surface area contributed by atoms with Gasteiger partial charge in [-0.15, -0.1) is 11.3 Å². The number of hydrogen-bond acceptors (Lipinski definition) is 4. The third kappa shape index (κ3) is 4.76. The van der Waals surface area contributed by atoms with Crippen LogP contribution in [0.2, 0.25) is 0 Å².